The number of carbonyl (C=O) groups excluding carboxylic acids is 1. The summed E-state index contributed by atoms with van der Waals surface area (Å²) in [4.78, 5) is 12.6. The van der Waals surface area contributed by atoms with E-state index in [-0.39, 0.29) is 5.56 Å². The van der Waals surface area contributed by atoms with Gasteiger partial charge in [-0.3, -0.25) is 0 Å². The van der Waals surface area contributed by atoms with Gasteiger partial charge >= 0.3 is 5.97 Å². The molecule has 0 aliphatic heterocycles. The summed E-state index contributed by atoms with van der Waals surface area (Å²) in [7, 11) is 3.91. The largest absolute Gasteiger partial charge is 0.456 e. The highest BCUT2D eigenvalue weighted by Gasteiger charge is 2.12. The van der Waals surface area contributed by atoms with E-state index in [9.17, 15) is 9.18 Å². The van der Waals surface area contributed by atoms with Crippen molar-refractivity contribution in [1.82, 2.24) is 0 Å². The maximum absolute atomic E-state index is 13.1. The number of esters is 1. The molecule has 0 spiro atoms. The Morgan fingerprint density at radius 2 is 2.07 bits per heavy atom. The van der Waals surface area contributed by atoms with Gasteiger partial charge < -0.3 is 9.64 Å². The molecule has 0 aromatic heterocycles. The third-order valence-electron chi connectivity index (χ3n) is 1.93. The van der Waals surface area contributed by atoms with Crippen LogP contribution in [0.3, 0.4) is 0 Å². The van der Waals surface area contributed by atoms with Gasteiger partial charge in [0.15, 0.2) is 0 Å². The summed E-state index contributed by atoms with van der Waals surface area (Å²) in [5, 5.41) is 0. The Balaban J connectivity index is 2.51. The lowest BCUT2D eigenvalue weighted by atomic mass is 10.2. The van der Waals surface area contributed by atoms with Gasteiger partial charge in [-0.2, -0.15) is 0 Å². The molecule has 0 heterocycles. The lowest BCUT2D eigenvalue weighted by molar-refractivity contribution is -0.858. The second-order valence-electron chi connectivity index (χ2n) is 3.57. The molecule has 3 nitrogen and oxygen atoms in total. The third-order valence-corrected chi connectivity index (χ3v) is 1.93. The van der Waals surface area contributed by atoms with Gasteiger partial charge in [-0.15, -0.1) is 0 Å². The first-order valence-electron chi connectivity index (χ1n) is 4.82. The van der Waals surface area contributed by atoms with Crippen molar-refractivity contribution in [1.29, 1.82) is 0 Å². The Bertz CT molecular complexity index is 339. The molecule has 0 atom stereocenters. The van der Waals surface area contributed by atoms with Crippen LogP contribution in [-0.2, 0) is 4.74 Å². The minimum Gasteiger partial charge on any atom is -0.456 e. The number of hydrogen-bond acceptors (Lipinski definition) is 2. The van der Waals surface area contributed by atoms with Crippen molar-refractivity contribution in [2.45, 2.75) is 0 Å². The van der Waals surface area contributed by atoms with Crippen molar-refractivity contribution in [3.63, 3.8) is 0 Å². The molecule has 1 aromatic carbocycles. The van der Waals surface area contributed by atoms with Crippen LogP contribution < -0.4 is 4.90 Å². The molecule has 1 rings (SSSR count). The zero-order valence-corrected chi connectivity index (χ0v) is 8.92. The molecular formula is C11H15FNO2+. The summed E-state index contributed by atoms with van der Waals surface area (Å²) in [6.45, 7) is 1.01. The highest BCUT2D eigenvalue weighted by molar-refractivity contribution is 5.89. The third kappa shape index (κ3) is 3.67. The molecule has 4 heteroatoms. The number of benzene rings is 1. The first-order valence-corrected chi connectivity index (χ1v) is 4.82. The zero-order valence-electron chi connectivity index (χ0n) is 8.92. The fraction of sp³-hybridized carbons (Fsp3) is 0.364. The number of carbonyl (C=O) groups is 1. The van der Waals surface area contributed by atoms with E-state index in [1.54, 1.807) is 6.07 Å². The molecule has 0 fully saturated rings. The number of nitrogens with one attached hydrogen (secondary N) is 1. The SMILES string of the molecule is C[NH+](C)CCOC(=O)c1ccccc1F. The number of quaternary nitrogens is 1. The van der Waals surface area contributed by atoms with E-state index < -0.39 is 11.8 Å². The first-order chi connectivity index (χ1) is 7.11. The zero-order chi connectivity index (χ0) is 11.3. The summed E-state index contributed by atoms with van der Waals surface area (Å²) >= 11 is 0. The molecule has 82 valence electrons. The van der Waals surface area contributed by atoms with Crippen LogP contribution in [0.2, 0.25) is 0 Å². The molecule has 0 unspecified atom stereocenters. The summed E-state index contributed by atoms with van der Waals surface area (Å²) in [5.41, 5.74) is -0.00810. The van der Waals surface area contributed by atoms with Gasteiger partial charge in [0.2, 0.25) is 0 Å². The van der Waals surface area contributed by atoms with Crippen LogP contribution in [0.4, 0.5) is 4.39 Å². The Kier molecular flexibility index (Phi) is 4.24. The van der Waals surface area contributed by atoms with Gasteiger partial charge in [0, 0.05) is 0 Å². The van der Waals surface area contributed by atoms with Gasteiger partial charge in [0.25, 0.3) is 0 Å². The van der Waals surface area contributed by atoms with Crippen LogP contribution in [0.15, 0.2) is 24.3 Å². The molecule has 0 saturated carbocycles. The quantitative estimate of drug-likeness (QED) is 0.719. The number of hydrogen-bond donors (Lipinski definition) is 1. The molecule has 1 N–H and O–H groups in total. The monoisotopic (exact) mass is 212 g/mol. The van der Waals surface area contributed by atoms with Gasteiger partial charge in [0.05, 0.1) is 19.7 Å². The van der Waals surface area contributed by atoms with Crippen molar-refractivity contribution < 1.29 is 18.8 Å². The smallest absolute Gasteiger partial charge is 0.341 e. The van der Waals surface area contributed by atoms with Crippen molar-refractivity contribution >= 4 is 5.97 Å². The Morgan fingerprint density at radius 3 is 2.67 bits per heavy atom. The van der Waals surface area contributed by atoms with Crippen molar-refractivity contribution in [3.8, 4) is 0 Å². The first kappa shape index (κ1) is 11.7. The predicted molar refractivity (Wildman–Crippen MR) is 54.4 cm³/mol. The molecule has 0 amide bonds. The van der Waals surface area contributed by atoms with Crippen LogP contribution in [0.1, 0.15) is 10.4 Å². The molecular weight excluding hydrogens is 197 g/mol. The minimum atomic E-state index is -0.602. The topological polar surface area (TPSA) is 30.7 Å². The number of rotatable bonds is 4. The molecule has 1 aromatic rings. The second-order valence-corrected chi connectivity index (χ2v) is 3.57. The van der Waals surface area contributed by atoms with E-state index in [1.165, 1.54) is 23.1 Å². The lowest BCUT2D eigenvalue weighted by Gasteiger charge is -2.08. The molecule has 0 bridgehead atoms. The maximum atomic E-state index is 13.1. The van der Waals surface area contributed by atoms with E-state index in [4.69, 9.17) is 4.74 Å². The average molecular weight is 212 g/mol. The van der Waals surface area contributed by atoms with E-state index in [2.05, 4.69) is 0 Å². The van der Waals surface area contributed by atoms with Crippen molar-refractivity contribution in [2.75, 3.05) is 27.2 Å². The average Bonchev–Trinajstić information content (AvgIpc) is 2.17. The fourth-order valence-electron chi connectivity index (χ4n) is 1.05. The minimum absolute atomic E-state index is 0.00810. The van der Waals surface area contributed by atoms with Crippen LogP contribution in [-0.4, -0.2) is 33.2 Å². The van der Waals surface area contributed by atoms with Gasteiger partial charge in [-0.1, -0.05) is 12.1 Å². The van der Waals surface area contributed by atoms with Crippen molar-refractivity contribution in [2.24, 2.45) is 0 Å². The van der Waals surface area contributed by atoms with Crippen LogP contribution in [0, 0.1) is 5.82 Å². The number of halogens is 1. The van der Waals surface area contributed by atoms with E-state index in [0.29, 0.717) is 13.2 Å². The normalized spacial score (nSPS) is 10.4. The van der Waals surface area contributed by atoms with Crippen LogP contribution in [0.5, 0.6) is 0 Å². The predicted octanol–water partition coefficient (Wildman–Crippen LogP) is 0.127. The molecule has 0 aliphatic carbocycles. The van der Waals surface area contributed by atoms with Crippen molar-refractivity contribution in [3.05, 3.63) is 35.6 Å². The molecule has 0 aliphatic rings. The van der Waals surface area contributed by atoms with Gasteiger partial charge in [-0.05, 0) is 12.1 Å². The van der Waals surface area contributed by atoms with E-state index in [0.717, 1.165) is 0 Å². The van der Waals surface area contributed by atoms with Gasteiger partial charge in [-0.25, -0.2) is 9.18 Å². The Labute approximate surface area is 88.5 Å². The molecule has 0 saturated heterocycles. The standard InChI is InChI=1S/C11H14FNO2/c1-13(2)7-8-15-11(14)9-5-3-4-6-10(9)12/h3-6H,7-8H2,1-2H3/p+1. The summed E-state index contributed by atoms with van der Waals surface area (Å²) in [6.07, 6.45) is 0. The second kappa shape index (κ2) is 5.46. The molecule has 0 radical (unpaired) electrons. The Hall–Kier alpha value is -1.42. The molecule has 15 heavy (non-hydrogen) atoms. The Morgan fingerprint density at radius 1 is 1.40 bits per heavy atom. The van der Waals surface area contributed by atoms with Crippen LogP contribution in [0.25, 0.3) is 0 Å². The van der Waals surface area contributed by atoms with Crippen LogP contribution >= 0.6 is 0 Å². The summed E-state index contributed by atoms with van der Waals surface area (Å²) in [6, 6.07) is 5.81. The number of ether oxygens (including phenoxy) is 1. The lowest BCUT2D eigenvalue weighted by Crippen LogP contribution is -3.06. The number of likely N-dealkylation sites (N-methyl/N-ethyl adjacent to an activating group) is 1. The summed E-state index contributed by atoms with van der Waals surface area (Å²) in [5.74, 6) is -1.14. The van der Waals surface area contributed by atoms with Gasteiger partial charge in [0.1, 0.15) is 19.0 Å². The fourth-order valence-corrected chi connectivity index (χ4v) is 1.05. The highest BCUT2D eigenvalue weighted by Crippen LogP contribution is 2.07. The highest BCUT2D eigenvalue weighted by atomic mass is 19.1. The summed E-state index contributed by atoms with van der Waals surface area (Å²) < 4.78 is 18.0. The maximum Gasteiger partial charge on any atom is 0.341 e. The van der Waals surface area contributed by atoms with E-state index >= 15 is 0 Å². The van der Waals surface area contributed by atoms with E-state index in [1.807, 2.05) is 14.1 Å².